The molecule has 0 aromatic heterocycles. The molecule has 1 aromatic carbocycles. The number of amides is 1. The highest BCUT2D eigenvalue weighted by Crippen LogP contribution is 2.16. The number of nitrogens with one attached hydrogen (secondary N) is 1. The Hall–Kier alpha value is -1.39. The number of aryl methyl sites for hydroxylation is 3. The van der Waals surface area contributed by atoms with Gasteiger partial charge in [0.2, 0.25) is 0 Å². The van der Waals surface area contributed by atoms with E-state index in [1.165, 1.54) is 5.56 Å². The van der Waals surface area contributed by atoms with Crippen molar-refractivity contribution in [3.8, 4) is 0 Å². The largest absolute Gasteiger partial charge is 0.379 e. The van der Waals surface area contributed by atoms with Gasteiger partial charge in [-0.1, -0.05) is 17.7 Å². The number of rotatable bonds is 5. The topological polar surface area (TPSA) is 47.6 Å². The minimum Gasteiger partial charge on any atom is -0.379 e. The molecule has 0 saturated carbocycles. The Bertz CT molecular complexity index is 484. The minimum absolute atomic E-state index is 0.0156. The zero-order chi connectivity index (χ0) is 15.4. The molecule has 1 aromatic rings. The van der Waals surface area contributed by atoms with Crippen LogP contribution in [0.15, 0.2) is 12.1 Å². The molecular weight excluding hydrogens is 266 g/mol. The predicted octanol–water partition coefficient (Wildman–Crippen LogP) is 2.54. The third-order valence-corrected chi connectivity index (χ3v) is 3.75. The van der Waals surface area contributed by atoms with Crippen molar-refractivity contribution in [1.82, 2.24) is 5.32 Å². The summed E-state index contributed by atoms with van der Waals surface area (Å²) in [5.74, 6) is -0.0243. The van der Waals surface area contributed by atoms with E-state index >= 15 is 0 Å². The maximum absolute atomic E-state index is 12.4. The Morgan fingerprint density at radius 2 is 2.05 bits per heavy atom. The highest BCUT2D eigenvalue weighted by Gasteiger charge is 2.19. The van der Waals surface area contributed by atoms with Crippen LogP contribution in [0.5, 0.6) is 0 Å². The highest BCUT2D eigenvalue weighted by atomic mass is 16.5. The molecule has 1 fully saturated rings. The number of carbonyl (C=O) groups excluding carboxylic acids is 1. The fraction of sp³-hybridized carbons (Fsp3) is 0.588. The van der Waals surface area contributed by atoms with Gasteiger partial charge in [-0.15, -0.1) is 0 Å². The lowest BCUT2D eigenvalue weighted by atomic mass is 9.99. The number of carbonyl (C=O) groups is 1. The third kappa shape index (κ3) is 4.29. The molecule has 4 nitrogen and oxygen atoms in total. The summed E-state index contributed by atoms with van der Waals surface area (Å²) in [5, 5.41) is 3.02. The van der Waals surface area contributed by atoms with E-state index in [4.69, 9.17) is 9.47 Å². The summed E-state index contributed by atoms with van der Waals surface area (Å²) >= 11 is 0. The van der Waals surface area contributed by atoms with Crippen molar-refractivity contribution in [2.24, 2.45) is 0 Å². The molecule has 2 atom stereocenters. The van der Waals surface area contributed by atoms with Gasteiger partial charge in [0.15, 0.2) is 0 Å². The average Bonchev–Trinajstić information content (AvgIpc) is 2.88. The van der Waals surface area contributed by atoms with E-state index in [9.17, 15) is 4.79 Å². The standard InChI is InChI=1S/C17H25NO3/c1-11-7-12(2)16(13(3)8-11)17(19)18-14(4)9-21-15-5-6-20-10-15/h7-8,14-15H,5-6,9-10H2,1-4H3,(H,18,19). The van der Waals surface area contributed by atoms with Gasteiger partial charge in [-0.25, -0.2) is 0 Å². The van der Waals surface area contributed by atoms with Crippen LogP contribution in [0.1, 0.15) is 40.4 Å². The number of ether oxygens (including phenoxy) is 2. The van der Waals surface area contributed by atoms with E-state index in [-0.39, 0.29) is 18.1 Å². The molecule has 1 aliphatic heterocycles. The van der Waals surface area contributed by atoms with Crippen LogP contribution in [0.2, 0.25) is 0 Å². The molecule has 116 valence electrons. The molecule has 2 rings (SSSR count). The lowest BCUT2D eigenvalue weighted by Crippen LogP contribution is -2.37. The molecular formula is C17H25NO3. The lowest BCUT2D eigenvalue weighted by molar-refractivity contribution is 0.0318. The van der Waals surface area contributed by atoms with Gasteiger partial charge in [-0.2, -0.15) is 0 Å². The Kier molecular flexibility index (Phi) is 5.37. The van der Waals surface area contributed by atoms with Gasteiger partial charge >= 0.3 is 0 Å². The molecule has 1 N–H and O–H groups in total. The van der Waals surface area contributed by atoms with Crippen LogP contribution in [-0.2, 0) is 9.47 Å². The van der Waals surface area contributed by atoms with Crippen molar-refractivity contribution in [2.45, 2.75) is 46.3 Å². The molecule has 0 radical (unpaired) electrons. The van der Waals surface area contributed by atoms with Crippen LogP contribution in [0.4, 0.5) is 0 Å². The van der Waals surface area contributed by atoms with Gasteiger partial charge in [-0.05, 0) is 45.2 Å². The highest BCUT2D eigenvalue weighted by molar-refractivity contribution is 5.97. The van der Waals surface area contributed by atoms with E-state index < -0.39 is 0 Å². The first kappa shape index (κ1) is 16.0. The summed E-state index contributed by atoms with van der Waals surface area (Å²) in [4.78, 5) is 12.4. The van der Waals surface area contributed by atoms with Gasteiger partial charge < -0.3 is 14.8 Å². The average molecular weight is 291 g/mol. The molecule has 4 heteroatoms. The van der Waals surface area contributed by atoms with E-state index in [1.807, 2.05) is 39.8 Å². The summed E-state index contributed by atoms with van der Waals surface area (Å²) in [6.07, 6.45) is 1.11. The zero-order valence-electron chi connectivity index (χ0n) is 13.4. The van der Waals surface area contributed by atoms with Gasteiger partial charge in [0.1, 0.15) is 0 Å². The maximum atomic E-state index is 12.4. The Morgan fingerprint density at radius 3 is 2.62 bits per heavy atom. The number of hydrogen-bond acceptors (Lipinski definition) is 3. The van der Waals surface area contributed by atoms with E-state index in [1.54, 1.807) is 0 Å². The van der Waals surface area contributed by atoms with Gasteiger partial charge in [-0.3, -0.25) is 4.79 Å². The minimum atomic E-state index is -0.0243. The first-order valence-corrected chi connectivity index (χ1v) is 7.55. The summed E-state index contributed by atoms with van der Waals surface area (Å²) in [7, 11) is 0. The second-order valence-electron chi connectivity index (χ2n) is 5.97. The van der Waals surface area contributed by atoms with Crippen LogP contribution in [0.3, 0.4) is 0 Å². The molecule has 1 saturated heterocycles. The molecule has 1 heterocycles. The van der Waals surface area contributed by atoms with Gasteiger partial charge in [0.25, 0.3) is 5.91 Å². The Balaban J connectivity index is 1.91. The Morgan fingerprint density at radius 1 is 1.38 bits per heavy atom. The molecule has 21 heavy (non-hydrogen) atoms. The fourth-order valence-corrected chi connectivity index (χ4v) is 2.80. The molecule has 1 amide bonds. The molecule has 2 unspecified atom stereocenters. The van der Waals surface area contributed by atoms with Crippen LogP contribution in [0, 0.1) is 20.8 Å². The van der Waals surface area contributed by atoms with Crippen molar-refractivity contribution in [3.05, 3.63) is 34.4 Å². The van der Waals surface area contributed by atoms with Crippen LogP contribution in [-0.4, -0.2) is 37.9 Å². The number of benzene rings is 1. The van der Waals surface area contributed by atoms with E-state index in [0.29, 0.717) is 13.2 Å². The van der Waals surface area contributed by atoms with E-state index in [0.717, 1.165) is 29.7 Å². The van der Waals surface area contributed by atoms with Crippen molar-refractivity contribution in [3.63, 3.8) is 0 Å². The molecule has 1 aliphatic rings. The Labute approximate surface area is 126 Å². The zero-order valence-corrected chi connectivity index (χ0v) is 13.4. The summed E-state index contributed by atoms with van der Waals surface area (Å²) in [6.45, 7) is 9.92. The normalized spacial score (nSPS) is 19.5. The van der Waals surface area contributed by atoms with Crippen LogP contribution >= 0.6 is 0 Å². The smallest absolute Gasteiger partial charge is 0.252 e. The second kappa shape index (κ2) is 7.05. The first-order chi connectivity index (χ1) is 9.97. The van der Waals surface area contributed by atoms with Crippen molar-refractivity contribution < 1.29 is 14.3 Å². The van der Waals surface area contributed by atoms with Crippen LogP contribution in [0.25, 0.3) is 0 Å². The molecule has 0 spiro atoms. The molecule has 0 bridgehead atoms. The van der Waals surface area contributed by atoms with Crippen molar-refractivity contribution in [2.75, 3.05) is 19.8 Å². The summed E-state index contributed by atoms with van der Waals surface area (Å²) < 4.78 is 11.0. The first-order valence-electron chi connectivity index (χ1n) is 7.55. The SMILES string of the molecule is Cc1cc(C)c(C(=O)NC(C)COC2CCOC2)c(C)c1. The summed E-state index contributed by atoms with van der Waals surface area (Å²) in [5.41, 5.74) is 3.99. The molecule has 0 aliphatic carbocycles. The third-order valence-electron chi connectivity index (χ3n) is 3.75. The van der Waals surface area contributed by atoms with Crippen molar-refractivity contribution in [1.29, 1.82) is 0 Å². The van der Waals surface area contributed by atoms with Crippen molar-refractivity contribution >= 4 is 5.91 Å². The lowest BCUT2D eigenvalue weighted by Gasteiger charge is -2.18. The predicted molar refractivity (Wildman–Crippen MR) is 82.8 cm³/mol. The maximum Gasteiger partial charge on any atom is 0.252 e. The van der Waals surface area contributed by atoms with Crippen LogP contribution < -0.4 is 5.32 Å². The second-order valence-corrected chi connectivity index (χ2v) is 5.97. The van der Waals surface area contributed by atoms with E-state index in [2.05, 4.69) is 5.32 Å². The monoisotopic (exact) mass is 291 g/mol. The fourth-order valence-electron chi connectivity index (χ4n) is 2.80. The quantitative estimate of drug-likeness (QED) is 0.907. The number of hydrogen-bond donors (Lipinski definition) is 1. The van der Waals surface area contributed by atoms with Gasteiger partial charge in [0, 0.05) is 18.2 Å². The van der Waals surface area contributed by atoms with Gasteiger partial charge in [0.05, 0.1) is 19.3 Å². The summed E-state index contributed by atoms with van der Waals surface area (Å²) in [6, 6.07) is 4.07.